The molecule has 3 heteroatoms. The summed E-state index contributed by atoms with van der Waals surface area (Å²) in [6.45, 7) is 7.08. The maximum absolute atomic E-state index is 11.7. The van der Waals surface area contributed by atoms with E-state index in [2.05, 4.69) is 12.2 Å². The fourth-order valence-electron chi connectivity index (χ4n) is 1.68. The highest BCUT2D eigenvalue weighted by Gasteiger charge is 2.15. The van der Waals surface area contributed by atoms with Crippen LogP contribution in [0.3, 0.4) is 0 Å². The third-order valence-electron chi connectivity index (χ3n) is 3.04. The van der Waals surface area contributed by atoms with E-state index in [9.17, 15) is 4.79 Å². The lowest BCUT2D eigenvalue weighted by Crippen LogP contribution is -2.34. The summed E-state index contributed by atoms with van der Waals surface area (Å²) in [4.78, 5) is 11.7. The topological polar surface area (TPSA) is 49.3 Å². The molecule has 0 aromatic carbocycles. The summed E-state index contributed by atoms with van der Waals surface area (Å²) < 4.78 is 0. The molecule has 90 valence electrons. The van der Waals surface area contributed by atoms with Crippen molar-refractivity contribution in [3.05, 3.63) is 0 Å². The number of carbonyl (C=O) groups excluding carboxylic acids is 1. The zero-order valence-electron chi connectivity index (χ0n) is 10.3. The van der Waals surface area contributed by atoms with Crippen molar-refractivity contribution >= 4 is 5.91 Å². The molecule has 0 heterocycles. The van der Waals surface area contributed by atoms with Crippen LogP contribution in [0.15, 0.2) is 0 Å². The van der Waals surface area contributed by atoms with Crippen molar-refractivity contribution in [1.29, 1.82) is 0 Å². The van der Waals surface area contributed by atoms with Gasteiger partial charge in [0.2, 0.25) is 5.91 Å². The Morgan fingerprint density at radius 2 is 1.80 bits per heavy atom. The summed E-state index contributed by atoms with van der Waals surface area (Å²) in [5, 5.41) is 11.8. The first-order valence-electron chi connectivity index (χ1n) is 6.08. The van der Waals surface area contributed by atoms with Crippen LogP contribution in [0.1, 0.15) is 46.5 Å². The highest BCUT2D eigenvalue weighted by molar-refractivity contribution is 5.78. The second-order valence-electron chi connectivity index (χ2n) is 4.05. The van der Waals surface area contributed by atoms with E-state index in [0.29, 0.717) is 12.5 Å². The molecule has 0 aliphatic rings. The number of amides is 1. The summed E-state index contributed by atoms with van der Waals surface area (Å²) in [7, 11) is 0. The van der Waals surface area contributed by atoms with Crippen LogP contribution in [0.5, 0.6) is 0 Å². The van der Waals surface area contributed by atoms with Gasteiger partial charge in [0, 0.05) is 19.1 Å². The Balaban J connectivity index is 3.85. The summed E-state index contributed by atoms with van der Waals surface area (Å²) in [6.07, 6.45) is 3.59. The van der Waals surface area contributed by atoms with Crippen molar-refractivity contribution < 1.29 is 9.90 Å². The van der Waals surface area contributed by atoms with Gasteiger partial charge in [-0.05, 0) is 25.2 Å². The monoisotopic (exact) mass is 215 g/mol. The molecule has 0 saturated heterocycles. The first-order chi connectivity index (χ1) is 7.19. The van der Waals surface area contributed by atoms with Crippen LogP contribution in [-0.4, -0.2) is 24.2 Å². The minimum Gasteiger partial charge on any atom is -0.396 e. The second-order valence-corrected chi connectivity index (χ2v) is 4.05. The van der Waals surface area contributed by atoms with Crippen molar-refractivity contribution in [1.82, 2.24) is 5.32 Å². The molecule has 0 saturated carbocycles. The molecule has 0 bridgehead atoms. The average Bonchev–Trinajstić information content (AvgIpc) is 2.25. The van der Waals surface area contributed by atoms with Crippen LogP contribution < -0.4 is 5.32 Å². The average molecular weight is 215 g/mol. The predicted octanol–water partition coefficient (Wildman–Crippen LogP) is 1.95. The molecule has 1 amide bonds. The van der Waals surface area contributed by atoms with E-state index in [1.165, 1.54) is 0 Å². The molecule has 0 aromatic heterocycles. The van der Waals surface area contributed by atoms with Gasteiger partial charge in [-0.15, -0.1) is 0 Å². The Morgan fingerprint density at radius 1 is 1.20 bits per heavy atom. The lowest BCUT2D eigenvalue weighted by molar-refractivity contribution is -0.125. The molecule has 15 heavy (non-hydrogen) atoms. The van der Waals surface area contributed by atoms with Gasteiger partial charge < -0.3 is 10.4 Å². The van der Waals surface area contributed by atoms with E-state index in [0.717, 1.165) is 25.7 Å². The van der Waals surface area contributed by atoms with E-state index < -0.39 is 0 Å². The Labute approximate surface area is 93.3 Å². The van der Waals surface area contributed by atoms with E-state index in [-0.39, 0.29) is 18.4 Å². The van der Waals surface area contributed by atoms with E-state index in [1.54, 1.807) is 0 Å². The first kappa shape index (κ1) is 14.4. The molecule has 3 nitrogen and oxygen atoms in total. The fraction of sp³-hybridized carbons (Fsp3) is 0.917. The molecule has 0 aliphatic heterocycles. The molecular formula is C12H25NO2. The summed E-state index contributed by atoms with van der Waals surface area (Å²) in [5.41, 5.74) is 0. The molecule has 0 radical (unpaired) electrons. The standard InChI is InChI=1S/C12H25NO2/c1-4-10(7-8-14)9-13-12(15)11(5-2)6-3/h10-11,14H,4-9H2,1-3H3,(H,13,15). The molecule has 1 atom stereocenters. The van der Waals surface area contributed by atoms with Crippen LogP contribution in [0.2, 0.25) is 0 Å². The van der Waals surface area contributed by atoms with Crippen LogP contribution in [0.4, 0.5) is 0 Å². The minimum atomic E-state index is 0.150. The van der Waals surface area contributed by atoms with Crippen LogP contribution in [0, 0.1) is 11.8 Å². The number of carbonyl (C=O) groups is 1. The van der Waals surface area contributed by atoms with Crippen LogP contribution >= 0.6 is 0 Å². The predicted molar refractivity (Wildman–Crippen MR) is 62.6 cm³/mol. The molecular weight excluding hydrogens is 190 g/mol. The maximum Gasteiger partial charge on any atom is 0.223 e. The first-order valence-corrected chi connectivity index (χ1v) is 6.08. The largest absolute Gasteiger partial charge is 0.396 e. The zero-order chi connectivity index (χ0) is 11.7. The number of rotatable bonds is 8. The third-order valence-corrected chi connectivity index (χ3v) is 3.04. The van der Waals surface area contributed by atoms with Crippen molar-refractivity contribution in [2.75, 3.05) is 13.2 Å². The Bertz CT molecular complexity index is 167. The van der Waals surface area contributed by atoms with E-state index in [1.807, 2.05) is 13.8 Å². The van der Waals surface area contributed by atoms with Gasteiger partial charge >= 0.3 is 0 Å². The number of hydrogen-bond acceptors (Lipinski definition) is 2. The minimum absolute atomic E-state index is 0.150. The van der Waals surface area contributed by atoms with Crippen molar-refractivity contribution in [3.63, 3.8) is 0 Å². The summed E-state index contributed by atoms with van der Waals surface area (Å²) >= 11 is 0. The third kappa shape index (κ3) is 5.78. The fourth-order valence-corrected chi connectivity index (χ4v) is 1.68. The van der Waals surface area contributed by atoms with Crippen molar-refractivity contribution in [3.8, 4) is 0 Å². The summed E-state index contributed by atoms with van der Waals surface area (Å²) in [6, 6.07) is 0. The Morgan fingerprint density at radius 3 is 2.20 bits per heavy atom. The molecule has 2 N–H and O–H groups in total. The number of aliphatic hydroxyl groups is 1. The van der Waals surface area contributed by atoms with Crippen LogP contribution in [0.25, 0.3) is 0 Å². The quantitative estimate of drug-likeness (QED) is 0.650. The molecule has 1 unspecified atom stereocenters. The van der Waals surface area contributed by atoms with E-state index >= 15 is 0 Å². The number of hydrogen-bond donors (Lipinski definition) is 2. The van der Waals surface area contributed by atoms with Gasteiger partial charge in [0.25, 0.3) is 0 Å². The highest BCUT2D eigenvalue weighted by atomic mass is 16.3. The van der Waals surface area contributed by atoms with Crippen LogP contribution in [-0.2, 0) is 4.79 Å². The summed E-state index contributed by atoms with van der Waals surface area (Å²) in [5.74, 6) is 0.723. The zero-order valence-corrected chi connectivity index (χ0v) is 10.3. The molecule has 0 fully saturated rings. The number of nitrogens with one attached hydrogen (secondary N) is 1. The van der Waals surface area contributed by atoms with Gasteiger partial charge in [0.15, 0.2) is 0 Å². The highest BCUT2D eigenvalue weighted by Crippen LogP contribution is 2.09. The van der Waals surface area contributed by atoms with Gasteiger partial charge in [0.1, 0.15) is 0 Å². The molecule has 0 aliphatic carbocycles. The van der Waals surface area contributed by atoms with Gasteiger partial charge in [0.05, 0.1) is 0 Å². The van der Waals surface area contributed by atoms with Gasteiger partial charge in [-0.25, -0.2) is 0 Å². The number of aliphatic hydroxyl groups excluding tert-OH is 1. The second kappa shape index (κ2) is 8.72. The van der Waals surface area contributed by atoms with Crippen molar-refractivity contribution in [2.24, 2.45) is 11.8 Å². The lowest BCUT2D eigenvalue weighted by atomic mass is 10.0. The normalized spacial score (nSPS) is 12.9. The van der Waals surface area contributed by atoms with E-state index in [4.69, 9.17) is 5.11 Å². The van der Waals surface area contributed by atoms with Gasteiger partial charge in [-0.1, -0.05) is 27.2 Å². The lowest BCUT2D eigenvalue weighted by Gasteiger charge is -2.17. The molecule has 0 spiro atoms. The SMILES string of the molecule is CCC(CCO)CNC(=O)C(CC)CC. The van der Waals surface area contributed by atoms with Crippen molar-refractivity contribution in [2.45, 2.75) is 46.5 Å². The molecule has 0 aromatic rings. The molecule has 0 rings (SSSR count). The Kier molecular flexibility index (Phi) is 8.38. The van der Waals surface area contributed by atoms with Gasteiger partial charge in [-0.3, -0.25) is 4.79 Å². The Hall–Kier alpha value is -0.570. The maximum atomic E-state index is 11.7. The van der Waals surface area contributed by atoms with Gasteiger partial charge in [-0.2, -0.15) is 0 Å². The smallest absolute Gasteiger partial charge is 0.223 e.